The molecule has 2 nitrogen and oxygen atoms in total. The van der Waals surface area contributed by atoms with Gasteiger partial charge in [0.1, 0.15) is 11.5 Å². The molecule has 0 saturated heterocycles. The largest absolute Gasteiger partial charge is 0.323 e. The van der Waals surface area contributed by atoms with E-state index in [2.05, 4.69) is 20.9 Å². The van der Waals surface area contributed by atoms with Crippen molar-refractivity contribution in [3.05, 3.63) is 28.7 Å². The standard InChI is InChI=1S/C8H6BrFN2/c1-12-7(9)3-5-2-6(10)4-11-8(5)12/h2-4H,1H3. The number of aromatic nitrogens is 2. The van der Waals surface area contributed by atoms with Crippen molar-refractivity contribution in [2.75, 3.05) is 0 Å². The van der Waals surface area contributed by atoms with E-state index in [-0.39, 0.29) is 5.82 Å². The first-order chi connectivity index (χ1) is 5.68. The fourth-order valence-electron chi connectivity index (χ4n) is 1.16. The number of aryl methyl sites for hydroxylation is 1. The van der Waals surface area contributed by atoms with E-state index < -0.39 is 0 Å². The fraction of sp³-hybridized carbons (Fsp3) is 0.125. The van der Waals surface area contributed by atoms with Crippen LogP contribution in [-0.2, 0) is 7.05 Å². The van der Waals surface area contributed by atoms with E-state index in [1.54, 1.807) is 0 Å². The molecule has 12 heavy (non-hydrogen) atoms. The quantitative estimate of drug-likeness (QED) is 0.678. The zero-order valence-electron chi connectivity index (χ0n) is 6.38. The Labute approximate surface area is 77.1 Å². The maximum atomic E-state index is 12.7. The summed E-state index contributed by atoms with van der Waals surface area (Å²) in [5, 5.41) is 0.810. The average molecular weight is 229 g/mol. The molecule has 0 atom stereocenters. The normalized spacial score (nSPS) is 10.9. The average Bonchev–Trinajstić information content (AvgIpc) is 2.28. The van der Waals surface area contributed by atoms with Crippen LogP contribution >= 0.6 is 15.9 Å². The predicted molar refractivity (Wildman–Crippen MR) is 48.4 cm³/mol. The highest BCUT2D eigenvalue weighted by Crippen LogP contribution is 2.20. The molecule has 2 aromatic rings. The highest BCUT2D eigenvalue weighted by atomic mass is 79.9. The van der Waals surface area contributed by atoms with Crippen molar-refractivity contribution < 1.29 is 4.39 Å². The van der Waals surface area contributed by atoms with Crippen molar-refractivity contribution in [3.8, 4) is 0 Å². The van der Waals surface area contributed by atoms with Gasteiger partial charge in [-0.1, -0.05) is 0 Å². The van der Waals surface area contributed by atoms with Gasteiger partial charge >= 0.3 is 0 Å². The van der Waals surface area contributed by atoms with E-state index in [0.29, 0.717) is 0 Å². The first-order valence-electron chi connectivity index (χ1n) is 3.45. The van der Waals surface area contributed by atoms with E-state index in [1.807, 2.05) is 17.7 Å². The third-order valence-corrected chi connectivity index (χ3v) is 2.54. The molecule has 4 heteroatoms. The lowest BCUT2D eigenvalue weighted by Gasteiger charge is -1.95. The second kappa shape index (κ2) is 2.55. The molecule has 62 valence electrons. The highest BCUT2D eigenvalue weighted by Gasteiger charge is 2.04. The van der Waals surface area contributed by atoms with Gasteiger partial charge in [0.05, 0.1) is 10.8 Å². The molecule has 0 N–H and O–H groups in total. The summed E-state index contributed by atoms with van der Waals surface area (Å²) in [6, 6.07) is 3.30. The lowest BCUT2D eigenvalue weighted by atomic mass is 10.3. The summed E-state index contributed by atoms with van der Waals surface area (Å²) in [5.74, 6) is -0.305. The number of nitrogens with zero attached hydrogens (tertiary/aromatic N) is 2. The number of fused-ring (bicyclic) bond motifs is 1. The fourth-order valence-corrected chi connectivity index (χ4v) is 1.58. The van der Waals surface area contributed by atoms with Gasteiger partial charge in [0.15, 0.2) is 0 Å². The van der Waals surface area contributed by atoms with Crippen molar-refractivity contribution in [1.29, 1.82) is 0 Å². The van der Waals surface area contributed by atoms with E-state index in [9.17, 15) is 4.39 Å². The third kappa shape index (κ3) is 1.03. The van der Waals surface area contributed by atoms with Gasteiger partial charge in [-0.15, -0.1) is 0 Å². The van der Waals surface area contributed by atoms with Crippen molar-refractivity contribution in [3.63, 3.8) is 0 Å². The molecule has 0 aliphatic heterocycles. The second-order valence-electron chi connectivity index (χ2n) is 2.59. The van der Waals surface area contributed by atoms with Gasteiger partial charge in [0.25, 0.3) is 0 Å². The van der Waals surface area contributed by atoms with Crippen LogP contribution in [0.5, 0.6) is 0 Å². The molecule has 0 aliphatic rings. The van der Waals surface area contributed by atoms with Crippen LogP contribution in [0.2, 0.25) is 0 Å². The Morgan fingerprint density at radius 3 is 3.00 bits per heavy atom. The number of pyridine rings is 1. The SMILES string of the molecule is Cn1c(Br)cc2cc(F)cnc21. The molecule has 0 radical (unpaired) electrons. The molecular weight excluding hydrogens is 223 g/mol. The molecule has 0 bridgehead atoms. The van der Waals surface area contributed by atoms with Crippen LogP contribution in [0.3, 0.4) is 0 Å². The number of hydrogen-bond acceptors (Lipinski definition) is 1. The minimum Gasteiger partial charge on any atom is -0.323 e. The first-order valence-corrected chi connectivity index (χ1v) is 4.24. The van der Waals surface area contributed by atoms with Gasteiger partial charge in [-0.3, -0.25) is 0 Å². The molecule has 0 saturated carbocycles. The molecule has 0 aromatic carbocycles. The van der Waals surface area contributed by atoms with Crippen LogP contribution < -0.4 is 0 Å². The third-order valence-electron chi connectivity index (χ3n) is 1.77. The summed E-state index contributed by atoms with van der Waals surface area (Å²) in [6.07, 6.45) is 1.22. The maximum absolute atomic E-state index is 12.7. The van der Waals surface area contributed by atoms with Gasteiger partial charge < -0.3 is 4.57 Å². The summed E-state index contributed by atoms with van der Waals surface area (Å²) in [7, 11) is 1.87. The summed E-state index contributed by atoms with van der Waals surface area (Å²) >= 11 is 3.33. The minimum atomic E-state index is -0.305. The molecule has 2 rings (SSSR count). The molecule has 0 fully saturated rings. The Morgan fingerprint density at radius 1 is 1.50 bits per heavy atom. The van der Waals surface area contributed by atoms with Crippen molar-refractivity contribution in [2.45, 2.75) is 0 Å². The molecule has 0 amide bonds. The Kier molecular flexibility index (Phi) is 1.65. The van der Waals surface area contributed by atoms with Crippen LogP contribution in [0.1, 0.15) is 0 Å². The smallest absolute Gasteiger partial charge is 0.142 e. The Balaban J connectivity index is 2.87. The molecule has 0 unspecified atom stereocenters. The van der Waals surface area contributed by atoms with Crippen LogP contribution in [0.25, 0.3) is 11.0 Å². The Morgan fingerprint density at radius 2 is 2.25 bits per heavy atom. The van der Waals surface area contributed by atoms with Gasteiger partial charge in [0, 0.05) is 12.4 Å². The number of hydrogen-bond donors (Lipinski definition) is 0. The maximum Gasteiger partial charge on any atom is 0.142 e. The summed E-state index contributed by atoms with van der Waals surface area (Å²) < 4.78 is 15.4. The predicted octanol–water partition coefficient (Wildman–Crippen LogP) is 2.47. The lowest BCUT2D eigenvalue weighted by molar-refractivity contribution is 0.623. The van der Waals surface area contributed by atoms with Gasteiger partial charge in [-0.05, 0) is 28.1 Å². The van der Waals surface area contributed by atoms with E-state index in [0.717, 1.165) is 15.6 Å². The van der Waals surface area contributed by atoms with E-state index in [1.165, 1.54) is 12.3 Å². The van der Waals surface area contributed by atoms with Gasteiger partial charge in [-0.2, -0.15) is 0 Å². The Bertz CT molecular complexity index is 436. The van der Waals surface area contributed by atoms with Crippen molar-refractivity contribution in [2.24, 2.45) is 7.05 Å². The van der Waals surface area contributed by atoms with Crippen molar-refractivity contribution in [1.82, 2.24) is 9.55 Å². The lowest BCUT2D eigenvalue weighted by Crippen LogP contribution is -1.89. The van der Waals surface area contributed by atoms with Crippen LogP contribution in [0.15, 0.2) is 22.9 Å². The summed E-state index contributed by atoms with van der Waals surface area (Å²) in [6.45, 7) is 0. The molecule has 2 aromatic heterocycles. The van der Waals surface area contributed by atoms with E-state index in [4.69, 9.17) is 0 Å². The van der Waals surface area contributed by atoms with Gasteiger partial charge in [0.2, 0.25) is 0 Å². The molecule has 0 spiro atoms. The summed E-state index contributed by atoms with van der Waals surface area (Å²) in [4.78, 5) is 3.96. The zero-order chi connectivity index (χ0) is 8.72. The minimum absolute atomic E-state index is 0.305. The summed E-state index contributed by atoms with van der Waals surface area (Å²) in [5.41, 5.74) is 0.781. The second-order valence-corrected chi connectivity index (χ2v) is 3.40. The monoisotopic (exact) mass is 228 g/mol. The number of halogens is 2. The zero-order valence-corrected chi connectivity index (χ0v) is 7.97. The van der Waals surface area contributed by atoms with Crippen LogP contribution in [-0.4, -0.2) is 9.55 Å². The topological polar surface area (TPSA) is 17.8 Å². The Hall–Kier alpha value is -0.900. The van der Waals surface area contributed by atoms with Crippen LogP contribution in [0, 0.1) is 5.82 Å². The number of rotatable bonds is 0. The molecule has 0 aliphatic carbocycles. The first kappa shape index (κ1) is 7.73. The van der Waals surface area contributed by atoms with Gasteiger partial charge in [-0.25, -0.2) is 9.37 Å². The highest BCUT2D eigenvalue weighted by molar-refractivity contribution is 9.10. The van der Waals surface area contributed by atoms with Crippen molar-refractivity contribution >= 4 is 27.0 Å². The molecule has 2 heterocycles. The molecular formula is C8H6BrFN2. The van der Waals surface area contributed by atoms with Crippen LogP contribution in [0.4, 0.5) is 4.39 Å². The van der Waals surface area contributed by atoms with E-state index >= 15 is 0 Å².